The Labute approximate surface area is 164 Å². The number of methoxy groups -OCH3 is 1. The normalized spacial score (nSPS) is 10.5. The second kappa shape index (κ2) is 8.52. The first-order valence-corrected chi connectivity index (χ1v) is 9.08. The number of benzene rings is 2. The number of carbonyl (C=O) groups excluding carboxylic acids is 2. The third-order valence-corrected chi connectivity index (χ3v) is 4.58. The Morgan fingerprint density at radius 3 is 2.36 bits per heavy atom. The molecule has 1 N–H and O–H groups in total. The minimum Gasteiger partial charge on any atom is -0.497 e. The Balaban J connectivity index is 1.66. The van der Waals surface area contributed by atoms with Crippen LogP contribution in [0.1, 0.15) is 27.3 Å². The van der Waals surface area contributed by atoms with Gasteiger partial charge in [-0.15, -0.1) is 0 Å². The zero-order chi connectivity index (χ0) is 20.1. The summed E-state index contributed by atoms with van der Waals surface area (Å²) in [5.74, 6) is -0.399. The largest absolute Gasteiger partial charge is 0.497 e. The van der Waals surface area contributed by atoms with E-state index in [-0.39, 0.29) is 0 Å². The number of Topliss-reactive ketones (excluding diaryl/α,β-unsaturated/α-hetero) is 1. The zero-order valence-electron chi connectivity index (χ0n) is 16.2. The number of ether oxygens (including phenoxy) is 1. The average Bonchev–Trinajstić information content (AvgIpc) is 3.02. The molecule has 0 spiro atoms. The van der Waals surface area contributed by atoms with Gasteiger partial charge in [0.05, 0.1) is 29.7 Å². The van der Waals surface area contributed by atoms with Crippen molar-refractivity contribution in [2.75, 3.05) is 13.7 Å². The van der Waals surface area contributed by atoms with E-state index in [1.807, 2.05) is 54.6 Å². The number of amides is 1. The van der Waals surface area contributed by atoms with Crippen LogP contribution < -0.4 is 10.1 Å². The van der Waals surface area contributed by atoms with Crippen molar-refractivity contribution in [3.8, 4) is 11.4 Å². The number of hydrogen-bond acceptors (Lipinski definition) is 4. The molecule has 6 heteroatoms. The van der Waals surface area contributed by atoms with Gasteiger partial charge < -0.3 is 10.1 Å². The maximum absolute atomic E-state index is 12.7. The van der Waals surface area contributed by atoms with Crippen LogP contribution in [-0.2, 0) is 11.2 Å². The molecule has 0 bridgehead atoms. The van der Waals surface area contributed by atoms with Gasteiger partial charge >= 0.3 is 0 Å². The van der Waals surface area contributed by atoms with Gasteiger partial charge in [0.2, 0.25) is 0 Å². The van der Waals surface area contributed by atoms with Gasteiger partial charge in [0.15, 0.2) is 0 Å². The highest BCUT2D eigenvalue weighted by atomic mass is 16.5. The lowest BCUT2D eigenvalue weighted by molar-refractivity contribution is -0.116. The molecule has 0 saturated heterocycles. The van der Waals surface area contributed by atoms with Crippen molar-refractivity contribution in [3.05, 3.63) is 77.1 Å². The van der Waals surface area contributed by atoms with Crippen molar-refractivity contribution in [2.45, 2.75) is 20.3 Å². The number of aromatic nitrogens is 2. The van der Waals surface area contributed by atoms with Crippen LogP contribution >= 0.6 is 0 Å². The van der Waals surface area contributed by atoms with Crippen molar-refractivity contribution in [3.63, 3.8) is 0 Å². The molecule has 144 valence electrons. The van der Waals surface area contributed by atoms with Crippen LogP contribution in [0.2, 0.25) is 0 Å². The van der Waals surface area contributed by atoms with Crippen LogP contribution in [0.15, 0.2) is 54.6 Å². The van der Waals surface area contributed by atoms with Gasteiger partial charge in [0.1, 0.15) is 5.75 Å². The lowest BCUT2D eigenvalue weighted by atomic mass is 10.1. The molecule has 2 aromatic carbocycles. The summed E-state index contributed by atoms with van der Waals surface area (Å²) in [6, 6.07) is 17.1. The van der Waals surface area contributed by atoms with E-state index in [1.165, 1.54) is 0 Å². The molecule has 1 aromatic heterocycles. The van der Waals surface area contributed by atoms with E-state index in [4.69, 9.17) is 4.74 Å². The molecule has 0 unspecified atom stereocenters. The number of hydrogen-bond donors (Lipinski definition) is 1. The van der Waals surface area contributed by atoms with E-state index in [9.17, 15) is 9.59 Å². The third-order valence-electron chi connectivity index (χ3n) is 4.58. The molecule has 0 aliphatic rings. The first-order chi connectivity index (χ1) is 13.5. The summed E-state index contributed by atoms with van der Waals surface area (Å²) in [4.78, 5) is 25.0. The molecule has 3 rings (SSSR count). The molecule has 0 radical (unpaired) electrons. The molecule has 3 aromatic rings. The Morgan fingerprint density at radius 2 is 1.71 bits per heavy atom. The Hall–Kier alpha value is -3.41. The van der Waals surface area contributed by atoms with Crippen LogP contribution in [0, 0.1) is 13.8 Å². The average molecular weight is 377 g/mol. The maximum Gasteiger partial charge on any atom is 0.292 e. The molecule has 0 saturated carbocycles. The summed E-state index contributed by atoms with van der Waals surface area (Å²) in [5.41, 5.74) is 3.45. The number of rotatable bonds is 7. The van der Waals surface area contributed by atoms with Crippen molar-refractivity contribution in [1.82, 2.24) is 15.1 Å². The standard InChI is InChI=1S/C22H23N3O3/c1-15-20(16(2)25(24-15)18-7-5-4-6-8-18)21(26)22(27)23-14-13-17-9-11-19(28-3)12-10-17/h4-12H,13-14H2,1-3H3,(H,23,27). The van der Waals surface area contributed by atoms with Gasteiger partial charge in [-0.25, -0.2) is 4.68 Å². The minimum absolute atomic E-state index is 0.353. The van der Waals surface area contributed by atoms with Gasteiger partial charge in [-0.2, -0.15) is 5.10 Å². The molecule has 0 atom stereocenters. The molecule has 0 aliphatic carbocycles. The van der Waals surface area contributed by atoms with Crippen LogP contribution in [0.5, 0.6) is 5.75 Å². The molecule has 0 aliphatic heterocycles. The summed E-state index contributed by atoms with van der Waals surface area (Å²) in [6.45, 7) is 3.91. The second-order valence-electron chi connectivity index (χ2n) is 6.48. The summed E-state index contributed by atoms with van der Waals surface area (Å²) < 4.78 is 6.81. The quantitative estimate of drug-likeness (QED) is 0.507. The smallest absolute Gasteiger partial charge is 0.292 e. The van der Waals surface area contributed by atoms with Crippen LogP contribution in [-0.4, -0.2) is 35.1 Å². The predicted molar refractivity (Wildman–Crippen MR) is 107 cm³/mol. The molecular formula is C22H23N3O3. The molecule has 1 heterocycles. The lowest BCUT2D eigenvalue weighted by Crippen LogP contribution is -2.33. The van der Waals surface area contributed by atoms with E-state index >= 15 is 0 Å². The first kappa shape index (κ1) is 19.4. The summed E-state index contributed by atoms with van der Waals surface area (Å²) >= 11 is 0. The van der Waals surface area contributed by atoms with E-state index < -0.39 is 11.7 Å². The van der Waals surface area contributed by atoms with Crippen molar-refractivity contribution in [1.29, 1.82) is 0 Å². The number of nitrogens with zero attached hydrogens (tertiary/aromatic N) is 2. The molecule has 1 amide bonds. The number of ketones is 1. The van der Waals surface area contributed by atoms with Crippen LogP contribution in [0.4, 0.5) is 0 Å². The number of nitrogens with one attached hydrogen (secondary N) is 1. The van der Waals surface area contributed by atoms with Crippen molar-refractivity contribution < 1.29 is 14.3 Å². The van der Waals surface area contributed by atoms with E-state index in [2.05, 4.69) is 10.4 Å². The van der Waals surface area contributed by atoms with Crippen LogP contribution in [0.25, 0.3) is 5.69 Å². The molecular weight excluding hydrogens is 354 g/mol. The van der Waals surface area contributed by atoms with E-state index in [0.717, 1.165) is 17.0 Å². The van der Waals surface area contributed by atoms with Crippen molar-refractivity contribution >= 4 is 11.7 Å². The fraction of sp³-hybridized carbons (Fsp3) is 0.227. The topological polar surface area (TPSA) is 73.2 Å². The monoisotopic (exact) mass is 377 g/mol. The maximum atomic E-state index is 12.7. The van der Waals surface area contributed by atoms with Crippen molar-refractivity contribution in [2.24, 2.45) is 0 Å². The van der Waals surface area contributed by atoms with Gasteiger partial charge in [-0.3, -0.25) is 9.59 Å². The highest BCUT2D eigenvalue weighted by molar-refractivity contribution is 6.43. The SMILES string of the molecule is COc1ccc(CCNC(=O)C(=O)c2c(C)nn(-c3ccccc3)c2C)cc1. The van der Waals surface area contributed by atoms with Gasteiger partial charge in [0, 0.05) is 6.54 Å². The third kappa shape index (κ3) is 4.11. The Kier molecular flexibility index (Phi) is 5.89. The van der Waals surface area contributed by atoms with Gasteiger partial charge in [0.25, 0.3) is 11.7 Å². The predicted octanol–water partition coefficient (Wildman–Crippen LogP) is 3.04. The highest BCUT2D eigenvalue weighted by Gasteiger charge is 2.24. The molecule has 6 nitrogen and oxygen atoms in total. The number of para-hydroxylation sites is 1. The Morgan fingerprint density at radius 1 is 1.04 bits per heavy atom. The van der Waals surface area contributed by atoms with E-state index in [0.29, 0.717) is 29.9 Å². The minimum atomic E-state index is -0.618. The number of carbonyl (C=O) groups is 2. The Bertz CT molecular complexity index is 976. The summed E-state index contributed by atoms with van der Waals surface area (Å²) in [6.07, 6.45) is 0.629. The fourth-order valence-corrected chi connectivity index (χ4v) is 3.10. The zero-order valence-corrected chi connectivity index (χ0v) is 16.2. The van der Waals surface area contributed by atoms with Gasteiger partial charge in [-0.05, 0) is 50.1 Å². The first-order valence-electron chi connectivity index (χ1n) is 9.08. The van der Waals surface area contributed by atoms with Gasteiger partial charge in [-0.1, -0.05) is 30.3 Å². The van der Waals surface area contributed by atoms with Crippen LogP contribution in [0.3, 0.4) is 0 Å². The fourth-order valence-electron chi connectivity index (χ4n) is 3.10. The number of aryl methyl sites for hydroxylation is 1. The highest BCUT2D eigenvalue weighted by Crippen LogP contribution is 2.18. The lowest BCUT2D eigenvalue weighted by Gasteiger charge is -2.07. The summed E-state index contributed by atoms with van der Waals surface area (Å²) in [7, 11) is 1.62. The second-order valence-corrected chi connectivity index (χ2v) is 6.48. The molecule has 0 fully saturated rings. The summed E-state index contributed by atoms with van der Waals surface area (Å²) in [5, 5.41) is 7.14. The van der Waals surface area contributed by atoms with E-state index in [1.54, 1.807) is 25.6 Å². The molecule has 28 heavy (non-hydrogen) atoms.